The monoisotopic (exact) mass is 584 g/mol. The van der Waals surface area contributed by atoms with Crippen LogP contribution in [0.3, 0.4) is 0 Å². The van der Waals surface area contributed by atoms with E-state index < -0.39 is 29.9 Å². The predicted octanol–water partition coefficient (Wildman–Crippen LogP) is 5.70. The van der Waals surface area contributed by atoms with E-state index in [-0.39, 0.29) is 29.7 Å². The Balaban J connectivity index is 1.60. The van der Waals surface area contributed by atoms with Gasteiger partial charge in [-0.1, -0.05) is 43.3 Å². The molecule has 3 aromatic carbocycles. The summed E-state index contributed by atoms with van der Waals surface area (Å²) in [5.74, 6) is -0.320. The number of amides is 3. The standard InChI is InChI=1S/C31H35F3N4O4/c1-20-16-38(21(2)19-39)29(40)25-10-7-11-26(36-30(41)35-24-8-5-4-6-9-24)28(25)42-27(20)18-37(3)17-22-12-14-23(15-13-22)31(32,33)34/h4-15,20-21,27,39H,16-19H2,1-3H3,(H2,35,36,41)/t20-,21-,27+/m0/s1. The molecule has 1 aliphatic rings. The summed E-state index contributed by atoms with van der Waals surface area (Å²) in [5.41, 5.74) is 1.13. The number of rotatable bonds is 8. The lowest BCUT2D eigenvalue weighted by molar-refractivity contribution is -0.137. The van der Waals surface area contributed by atoms with Gasteiger partial charge in [0.15, 0.2) is 5.75 Å². The average molecular weight is 585 g/mol. The quantitative estimate of drug-likeness (QED) is 0.316. The predicted molar refractivity (Wildman–Crippen MR) is 154 cm³/mol. The van der Waals surface area contributed by atoms with Crippen molar-refractivity contribution < 1.29 is 32.6 Å². The van der Waals surface area contributed by atoms with Gasteiger partial charge in [0, 0.05) is 31.2 Å². The maximum absolute atomic E-state index is 13.6. The Bertz CT molecular complexity index is 1370. The molecule has 0 saturated heterocycles. The Hall–Kier alpha value is -4.09. The number of hydrogen-bond donors (Lipinski definition) is 3. The highest BCUT2D eigenvalue weighted by Gasteiger charge is 2.35. The maximum Gasteiger partial charge on any atom is 0.416 e. The van der Waals surface area contributed by atoms with Crippen molar-refractivity contribution in [1.29, 1.82) is 0 Å². The molecule has 3 amide bonds. The number of alkyl halides is 3. The van der Waals surface area contributed by atoms with Crippen molar-refractivity contribution in [2.75, 3.05) is 37.4 Å². The molecule has 0 unspecified atom stereocenters. The first-order chi connectivity index (χ1) is 20.0. The lowest BCUT2D eigenvalue weighted by Gasteiger charge is -2.38. The van der Waals surface area contributed by atoms with E-state index in [9.17, 15) is 27.9 Å². The lowest BCUT2D eigenvalue weighted by Crippen LogP contribution is -2.49. The largest absolute Gasteiger partial charge is 0.486 e. The number of carbonyl (C=O) groups excluding carboxylic acids is 2. The molecule has 1 heterocycles. The Morgan fingerprint density at radius 1 is 1.07 bits per heavy atom. The van der Waals surface area contributed by atoms with E-state index in [2.05, 4.69) is 10.6 Å². The van der Waals surface area contributed by atoms with Crippen molar-refractivity contribution in [3.63, 3.8) is 0 Å². The topological polar surface area (TPSA) is 94.1 Å². The van der Waals surface area contributed by atoms with Gasteiger partial charge in [0.25, 0.3) is 5.91 Å². The third kappa shape index (κ3) is 7.59. The molecule has 0 bridgehead atoms. The van der Waals surface area contributed by atoms with Crippen molar-refractivity contribution >= 4 is 23.3 Å². The molecule has 0 aromatic heterocycles. The van der Waals surface area contributed by atoms with E-state index >= 15 is 0 Å². The van der Waals surface area contributed by atoms with E-state index in [4.69, 9.17) is 4.74 Å². The number of carbonyl (C=O) groups is 2. The normalized spacial score (nSPS) is 18.0. The molecule has 0 aliphatic carbocycles. The minimum atomic E-state index is -4.40. The fourth-order valence-electron chi connectivity index (χ4n) is 4.85. The fourth-order valence-corrected chi connectivity index (χ4v) is 4.85. The highest BCUT2D eigenvalue weighted by molar-refractivity contribution is 6.04. The fraction of sp³-hybridized carbons (Fsp3) is 0.355. The summed E-state index contributed by atoms with van der Waals surface area (Å²) < 4.78 is 45.5. The summed E-state index contributed by atoms with van der Waals surface area (Å²) in [4.78, 5) is 30.0. The molecule has 3 aromatic rings. The van der Waals surface area contributed by atoms with Gasteiger partial charge in [-0.15, -0.1) is 0 Å². The molecular formula is C31H35F3N4O4. The number of aliphatic hydroxyl groups excluding tert-OH is 1. The van der Waals surface area contributed by atoms with Gasteiger partial charge < -0.3 is 25.4 Å². The van der Waals surface area contributed by atoms with Gasteiger partial charge in [-0.25, -0.2) is 4.79 Å². The molecule has 224 valence electrons. The second-order valence-corrected chi connectivity index (χ2v) is 10.6. The third-order valence-corrected chi connectivity index (χ3v) is 7.20. The van der Waals surface area contributed by atoms with Crippen molar-refractivity contribution in [1.82, 2.24) is 9.80 Å². The maximum atomic E-state index is 13.6. The van der Waals surface area contributed by atoms with Crippen LogP contribution in [0.2, 0.25) is 0 Å². The van der Waals surface area contributed by atoms with E-state index in [0.717, 1.165) is 12.1 Å². The highest BCUT2D eigenvalue weighted by atomic mass is 19.4. The molecule has 11 heteroatoms. The molecule has 8 nitrogen and oxygen atoms in total. The Labute approximate surface area is 243 Å². The summed E-state index contributed by atoms with van der Waals surface area (Å²) in [6.07, 6.45) is -4.87. The number of fused-ring (bicyclic) bond motifs is 1. The van der Waals surface area contributed by atoms with Crippen molar-refractivity contribution in [2.45, 2.75) is 38.7 Å². The first kappa shape index (κ1) is 30.9. The number of likely N-dealkylation sites (N-methyl/N-ethyl adjacent to an activating group) is 1. The van der Waals surface area contributed by atoms with Crippen LogP contribution in [0.1, 0.15) is 35.3 Å². The molecule has 42 heavy (non-hydrogen) atoms. The van der Waals surface area contributed by atoms with Crippen molar-refractivity contribution in [2.24, 2.45) is 5.92 Å². The number of ether oxygens (including phenoxy) is 1. The number of halogens is 3. The van der Waals surface area contributed by atoms with Gasteiger partial charge in [0.1, 0.15) is 6.10 Å². The number of hydrogen-bond acceptors (Lipinski definition) is 5. The zero-order valence-corrected chi connectivity index (χ0v) is 23.7. The Morgan fingerprint density at radius 2 is 1.76 bits per heavy atom. The van der Waals surface area contributed by atoms with Gasteiger partial charge in [-0.05, 0) is 55.9 Å². The summed E-state index contributed by atoms with van der Waals surface area (Å²) in [7, 11) is 1.84. The number of nitrogens with one attached hydrogen (secondary N) is 2. The first-order valence-electron chi connectivity index (χ1n) is 13.7. The molecule has 4 rings (SSSR count). The number of para-hydroxylation sites is 2. The molecule has 3 atom stereocenters. The van der Waals surface area contributed by atoms with Gasteiger partial charge in [0.05, 0.1) is 29.5 Å². The second-order valence-electron chi connectivity index (χ2n) is 10.6. The zero-order chi connectivity index (χ0) is 30.4. The minimum absolute atomic E-state index is 0.197. The molecule has 0 saturated carbocycles. The van der Waals surface area contributed by atoms with E-state index in [1.54, 1.807) is 54.3 Å². The van der Waals surface area contributed by atoms with E-state index in [0.29, 0.717) is 36.6 Å². The molecule has 0 fully saturated rings. The highest BCUT2D eigenvalue weighted by Crippen LogP contribution is 2.35. The molecular weight excluding hydrogens is 549 g/mol. The lowest BCUT2D eigenvalue weighted by atomic mass is 9.98. The van der Waals surface area contributed by atoms with Crippen LogP contribution in [-0.2, 0) is 12.7 Å². The Kier molecular flexibility index (Phi) is 9.74. The van der Waals surface area contributed by atoms with Crippen LogP contribution in [0.5, 0.6) is 5.75 Å². The smallest absolute Gasteiger partial charge is 0.416 e. The van der Waals surface area contributed by atoms with Crippen LogP contribution in [0, 0.1) is 5.92 Å². The number of benzene rings is 3. The molecule has 0 radical (unpaired) electrons. The van der Waals surface area contributed by atoms with Crippen LogP contribution in [-0.4, -0.2) is 65.7 Å². The summed E-state index contributed by atoms with van der Waals surface area (Å²) in [6.45, 7) is 4.52. The SMILES string of the molecule is C[C@H]1CN([C@@H](C)CO)C(=O)c2cccc(NC(=O)Nc3ccccc3)c2O[C@@H]1CN(C)Cc1ccc(C(F)(F)F)cc1. The number of urea groups is 1. The van der Waals surface area contributed by atoms with E-state index in [1.807, 2.05) is 24.9 Å². The molecule has 1 aliphatic heterocycles. The zero-order valence-electron chi connectivity index (χ0n) is 23.7. The minimum Gasteiger partial charge on any atom is -0.486 e. The average Bonchev–Trinajstić information content (AvgIpc) is 2.95. The van der Waals surface area contributed by atoms with Gasteiger partial charge in [0.2, 0.25) is 0 Å². The van der Waals surface area contributed by atoms with Crippen LogP contribution < -0.4 is 15.4 Å². The Morgan fingerprint density at radius 3 is 2.40 bits per heavy atom. The summed E-state index contributed by atoms with van der Waals surface area (Å²) in [6, 6.07) is 17.9. The van der Waals surface area contributed by atoms with Crippen molar-refractivity contribution in [3.8, 4) is 5.75 Å². The summed E-state index contributed by atoms with van der Waals surface area (Å²) in [5, 5.41) is 15.4. The van der Waals surface area contributed by atoms with Crippen LogP contribution in [0.15, 0.2) is 72.8 Å². The summed E-state index contributed by atoms with van der Waals surface area (Å²) >= 11 is 0. The first-order valence-corrected chi connectivity index (χ1v) is 13.7. The van der Waals surface area contributed by atoms with Crippen LogP contribution in [0.4, 0.5) is 29.3 Å². The van der Waals surface area contributed by atoms with Crippen LogP contribution in [0.25, 0.3) is 0 Å². The third-order valence-electron chi connectivity index (χ3n) is 7.20. The number of nitrogens with zero attached hydrogens (tertiary/aromatic N) is 2. The second kappa shape index (κ2) is 13.3. The number of aliphatic hydroxyl groups is 1. The van der Waals surface area contributed by atoms with Crippen molar-refractivity contribution in [3.05, 3.63) is 89.5 Å². The van der Waals surface area contributed by atoms with E-state index in [1.165, 1.54) is 12.1 Å². The molecule has 3 N–H and O–H groups in total. The van der Waals surface area contributed by atoms with Gasteiger partial charge >= 0.3 is 12.2 Å². The van der Waals surface area contributed by atoms with Gasteiger partial charge in [-0.2, -0.15) is 13.2 Å². The van der Waals surface area contributed by atoms with Gasteiger partial charge in [-0.3, -0.25) is 9.69 Å². The molecule has 0 spiro atoms. The number of anilines is 2. The van der Waals surface area contributed by atoms with Crippen LogP contribution >= 0.6 is 0 Å².